The van der Waals surface area contributed by atoms with E-state index in [1.54, 1.807) is 6.92 Å². The van der Waals surface area contributed by atoms with Crippen molar-refractivity contribution in [2.24, 2.45) is 0 Å². The minimum atomic E-state index is -0.830. The van der Waals surface area contributed by atoms with Gasteiger partial charge in [0, 0.05) is 32.5 Å². The lowest BCUT2D eigenvalue weighted by atomic mass is 10.2. The fourth-order valence-corrected chi connectivity index (χ4v) is 2.44. The summed E-state index contributed by atoms with van der Waals surface area (Å²) in [6.07, 6.45) is 1.85. The van der Waals surface area contributed by atoms with Gasteiger partial charge in [-0.3, -0.25) is 0 Å². The summed E-state index contributed by atoms with van der Waals surface area (Å²) >= 11 is 0. The maximum Gasteiger partial charge on any atom is 0.318 e. The molecule has 1 aromatic rings. The van der Waals surface area contributed by atoms with Crippen molar-refractivity contribution in [2.75, 3.05) is 31.6 Å². The minimum absolute atomic E-state index is 0.0837. The zero-order valence-corrected chi connectivity index (χ0v) is 12.6. The Morgan fingerprint density at radius 2 is 2.25 bits per heavy atom. The zero-order valence-electron chi connectivity index (χ0n) is 12.6. The van der Waals surface area contributed by atoms with E-state index in [0.29, 0.717) is 24.9 Å². The molecule has 6 heteroatoms. The molecule has 0 unspecified atom stereocenters. The molecule has 1 aliphatic heterocycles. The van der Waals surface area contributed by atoms with E-state index in [-0.39, 0.29) is 6.04 Å². The van der Waals surface area contributed by atoms with Gasteiger partial charge < -0.3 is 14.2 Å². The van der Waals surface area contributed by atoms with Crippen molar-refractivity contribution < 1.29 is 8.81 Å². The minimum Gasteiger partial charge on any atom is -0.408 e. The van der Waals surface area contributed by atoms with Crippen LogP contribution in [0.2, 0.25) is 0 Å². The van der Waals surface area contributed by atoms with Crippen LogP contribution in [0.1, 0.15) is 26.2 Å². The Hall–Kier alpha value is -1.43. The lowest BCUT2D eigenvalue weighted by Gasteiger charge is -2.26. The second-order valence-corrected chi connectivity index (χ2v) is 5.75. The molecule has 2 atom stereocenters. The van der Waals surface area contributed by atoms with Gasteiger partial charge in [0.05, 0.1) is 6.54 Å². The first-order valence-corrected chi connectivity index (χ1v) is 6.98. The Bertz CT molecular complexity index is 469. The molecule has 1 fully saturated rings. The van der Waals surface area contributed by atoms with Crippen molar-refractivity contribution in [1.82, 2.24) is 15.1 Å². The fraction of sp³-hybridized carbons (Fsp3) is 0.714. The molecule has 1 aliphatic rings. The Kier molecular flexibility index (Phi) is 4.75. The molecule has 20 heavy (non-hydrogen) atoms. The van der Waals surface area contributed by atoms with E-state index < -0.39 is 6.17 Å². The van der Waals surface area contributed by atoms with Crippen molar-refractivity contribution in [2.45, 2.75) is 39.4 Å². The number of hydrogen-bond donors (Lipinski definition) is 0. The van der Waals surface area contributed by atoms with E-state index in [0.717, 1.165) is 13.1 Å². The second-order valence-electron chi connectivity index (χ2n) is 5.75. The van der Waals surface area contributed by atoms with E-state index >= 15 is 0 Å². The van der Waals surface area contributed by atoms with Gasteiger partial charge in [0.25, 0.3) is 0 Å². The van der Waals surface area contributed by atoms with Crippen LogP contribution in [-0.4, -0.2) is 54.0 Å². The van der Waals surface area contributed by atoms with Gasteiger partial charge in [-0.05, 0) is 20.9 Å². The van der Waals surface area contributed by atoms with E-state index in [1.807, 2.05) is 11.9 Å². The molecule has 1 aromatic heterocycles. The molecule has 0 spiro atoms. The van der Waals surface area contributed by atoms with Crippen LogP contribution in [-0.2, 0) is 0 Å². The van der Waals surface area contributed by atoms with Crippen LogP contribution in [0.15, 0.2) is 16.1 Å². The summed E-state index contributed by atoms with van der Waals surface area (Å²) in [5, 5.41) is 7.83. The van der Waals surface area contributed by atoms with Crippen LogP contribution >= 0.6 is 0 Å². The summed E-state index contributed by atoms with van der Waals surface area (Å²) in [5.41, 5.74) is 1.29. The number of aryl methyl sites for hydroxylation is 1. The van der Waals surface area contributed by atoms with Gasteiger partial charge in [-0.2, -0.15) is 0 Å². The smallest absolute Gasteiger partial charge is 0.318 e. The number of allylic oxidation sites excluding steroid dienone is 1. The Morgan fingerprint density at radius 3 is 2.85 bits per heavy atom. The van der Waals surface area contributed by atoms with Crippen LogP contribution in [0.3, 0.4) is 0 Å². The molecule has 112 valence electrons. The standard InChI is InChI=1S/C14H23FN4O/c1-10(2)5-6-18(4)9-13-7-12(15)8-19(13)14-17-16-11(3)20-14/h5,12-13H,6-9H2,1-4H3/t12-,13-/m0/s1. The summed E-state index contributed by atoms with van der Waals surface area (Å²) in [6, 6.07) is 0.517. The van der Waals surface area contributed by atoms with E-state index in [9.17, 15) is 4.39 Å². The van der Waals surface area contributed by atoms with Crippen LogP contribution in [0.25, 0.3) is 0 Å². The Balaban J connectivity index is 1.99. The number of halogens is 1. The largest absolute Gasteiger partial charge is 0.408 e. The maximum atomic E-state index is 13.7. The molecule has 0 aliphatic carbocycles. The highest BCUT2D eigenvalue weighted by Gasteiger charge is 2.35. The number of rotatable bonds is 5. The Labute approximate surface area is 119 Å². The summed E-state index contributed by atoms with van der Waals surface area (Å²) < 4.78 is 19.2. The van der Waals surface area contributed by atoms with Gasteiger partial charge in [0.2, 0.25) is 5.89 Å². The van der Waals surface area contributed by atoms with Crippen molar-refractivity contribution in [1.29, 1.82) is 0 Å². The molecule has 2 rings (SSSR count). The third-order valence-electron chi connectivity index (χ3n) is 3.46. The number of nitrogens with zero attached hydrogens (tertiary/aromatic N) is 4. The molecule has 5 nitrogen and oxygen atoms in total. The fourth-order valence-electron chi connectivity index (χ4n) is 2.44. The zero-order chi connectivity index (χ0) is 14.7. The molecule has 0 radical (unpaired) electrons. The van der Waals surface area contributed by atoms with Crippen molar-refractivity contribution >= 4 is 6.01 Å². The molecule has 0 bridgehead atoms. The molecule has 0 N–H and O–H groups in total. The third kappa shape index (κ3) is 3.79. The molecule has 1 saturated heterocycles. The van der Waals surface area contributed by atoms with Crippen LogP contribution in [0, 0.1) is 6.92 Å². The predicted octanol–water partition coefficient (Wildman–Crippen LogP) is 2.19. The van der Waals surface area contributed by atoms with Crippen molar-refractivity contribution in [3.8, 4) is 0 Å². The average Bonchev–Trinajstić information content (AvgIpc) is 2.93. The van der Waals surface area contributed by atoms with Crippen LogP contribution in [0.5, 0.6) is 0 Å². The monoisotopic (exact) mass is 282 g/mol. The molecule has 2 heterocycles. The summed E-state index contributed by atoms with van der Waals surface area (Å²) in [6.45, 7) is 7.89. The summed E-state index contributed by atoms with van der Waals surface area (Å²) in [5.74, 6) is 0.513. The van der Waals surface area contributed by atoms with Crippen LogP contribution < -0.4 is 4.90 Å². The number of anilines is 1. The first-order valence-electron chi connectivity index (χ1n) is 6.98. The molecule has 0 amide bonds. The quantitative estimate of drug-likeness (QED) is 0.775. The number of aromatic nitrogens is 2. The van der Waals surface area contributed by atoms with Gasteiger partial charge in [-0.15, -0.1) is 5.10 Å². The highest BCUT2D eigenvalue weighted by Crippen LogP contribution is 2.26. The first-order chi connectivity index (χ1) is 9.45. The van der Waals surface area contributed by atoms with Crippen LogP contribution in [0.4, 0.5) is 10.4 Å². The Morgan fingerprint density at radius 1 is 1.50 bits per heavy atom. The number of alkyl halides is 1. The summed E-state index contributed by atoms with van der Waals surface area (Å²) in [7, 11) is 2.04. The van der Waals surface area contributed by atoms with E-state index in [2.05, 4.69) is 35.0 Å². The second kappa shape index (κ2) is 6.35. The normalized spacial score (nSPS) is 22.6. The number of likely N-dealkylation sites (N-methyl/N-ethyl adjacent to an activating group) is 1. The van der Waals surface area contributed by atoms with E-state index in [1.165, 1.54) is 5.57 Å². The van der Waals surface area contributed by atoms with Gasteiger partial charge in [-0.1, -0.05) is 16.7 Å². The molecular formula is C14H23FN4O. The molecule has 0 aromatic carbocycles. The lowest BCUT2D eigenvalue weighted by molar-refractivity contribution is 0.313. The summed E-state index contributed by atoms with van der Waals surface area (Å²) in [4.78, 5) is 4.08. The predicted molar refractivity (Wildman–Crippen MR) is 76.6 cm³/mol. The third-order valence-corrected chi connectivity index (χ3v) is 3.46. The van der Waals surface area contributed by atoms with Gasteiger partial charge in [0.1, 0.15) is 6.17 Å². The highest BCUT2D eigenvalue weighted by molar-refractivity contribution is 5.30. The topological polar surface area (TPSA) is 45.4 Å². The van der Waals surface area contributed by atoms with Crippen molar-refractivity contribution in [3.63, 3.8) is 0 Å². The average molecular weight is 282 g/mol. The SMILES string of the molecule is CC(C)=CCN(C)C[C@@H]1C[C@H](F)CN1c1nnc(C)o1. The van der Waals surface area contributed by atoms with Crippen molar-refractivity contribution in [3.05, 3.63) is 17.5 Å². The van der Waals surface area contributed by atoms with Gasteiger partial charge in [0.15, 0.2) is 0 Å². The lowest BCUT2D eigenvalue weighted by Crippen LogP contribution is -2.39. The highest BCUT2D eigenvalue weighted by atomic mass is 19.1. The van der Waals surface area contributed by atoms with Gasteiger partial charge in [-0.25, -0.2) is 4.39 Å². The maximum absolute atomic E-state index is 13.7. The first kappa shape index (κ1) is 15.0. The van der Waals surface area contributed by atoms with E-state index in [4.69, 9.17) is 4.42 Å². The molecule has 0 saturated carbocycles. The number of hydrogen-bond acceptors (Lipinski definition) is 5. The van der Waals surface area contributed by atoms with Gasteiger partial charge >= 0.3 is 6.01 Å². The molecular weight excluding hydrogens is 259 g/mol.